The molecule has 0 amide bonds. The van der Waals surface area contributed by atoms with Crippen LogP contribution < -0.4 is 10.9 Å². The monoisotopic (exact) mass is 443 g/mol. The maximum atomic E-state index is 13.4. The number of aromatic nitrogens is 2. The number of carbonyl (C=O) groups excluding carboxylic acids is 2. The number of anilines is 1. The fraction of sp³-hybridized carbons (Fsp3) is 0.304. The molecule has 166 valence electrons. The number of hydrogen-bond donors (Lipinski definition) is 1. The highest BCUT2D eigenvalue weighted by atomic mass is 19.4. The van der Waals surface area contributed by atoms with Gasteiger partial charge in [0.2, 0.25) is 0 Å². The van der Waals surface area contributed by atoms with Gasteiger partial charge in [-0.2, -0.15) is 13.2 Å². The largest absolute Gasteiger partial charge is 0.416 e. The molecule has 1 fully saturated rings. The van der Waals surface area contributed by atoms with Crippen molar-refractivity contribution in [1.82, 2.24) is 9.55 Å². The summed E-state index contributed by atoms with van der Waals surface area (Å²) in [7, 11) is 0. The second-order valence-electron chi connectivity index (χ2n) is 7.82. The third-order valence-electron chi connectivity index (χ3n) is 5.62. The van der Waals surface area contributed by atoms with E-state index < -0.39 is 23.3 Å². The van der Waals surface area contributed by atoms with E-state index in [9.17, 15) is 27.6 Å². The molecule has 6 nitrogen and oxygen atoms in total. The second kappa shape index (κ2) is 8.22. The molecule has 1 aromatic heterocycles. The van der Waals surface area contributed by atoms with Crippen LogP contribution in [0.2, 0.25) is 0 Å². The number of fused-ring (bicyclic) bond motifs is 1. The van der Waals surface area contributed by atoms with E-state index in [0.717, 1.165) is 12.1 Å². The minimum absolute atomic E-state index is 0.135. The molecule has 0 aliphatic heterocycles. The Bertz CT molecular complexity index is 1260. The van der Waals surface area contributed by atoms with Gasteiger partial charge in [-0.15, -0.1) is 0 Å². The van der Waals surface area contributed by atoms with E-state index in [4.69, 9.17) is 0 Å². The van der Waals surface area contributed by atoms with Crippen LogP contribution in [0.4, 0.5) is 18.9 Å². The quantitative estimate of drug-likeness (QED) is 0.612. The van der Waals surface area contributed by atoms with Gasteiger partial charge in [-0.25, -0.2) is 4.98 Å². The minimum Gasteiger partial charge on any atom is -0.380 e. The van der Waals surface area contributed by atoms with Crippen molar-refractivity contribution in [2.75, 3.05) is 5.32 Å². The normalized spacial score (nSPS) is 17.1. The van der Waals surface area contributed by atoms with Gasteiger partial charge in [0.15, 0.2) is 5.78 Å². The Morgan fingerprint density at radius 1 is 1.09 bits per heavy atom. The number of ketones is 2. The highest BCUT2D eigenvalue weighted by Gasteiger charge is 2.31. The molecule has 1 atom stereocenters. The lowest BCUT2D eigenvalue weighted by molar-refractivity contribution is -0.137. The van der Waals surface area contributed by atoms with Crippen LogP contribution >= 0.6 is 0 Å². The Kier molecular flexibility index (Phi) is 5.58. The van der Waals surface area contributed by atoms with Gasteiger partial charge in [-0.05, 0) is 43.2 Å². The molecule has 1 aliphatic rings. The van der Waals surface area contributed by atoms with Crippen molar-refractivity contribution in [2.45, 2.75) is 44.9 Å². The van der Waals surface area contributed by atoms with E-state index >= 15 is 0 Å². The Morgan fingerprint density at radius 3 is 2.47 bits per heavy atom. The molecule has 0 spiro atoms. The maximum Gasteiger partial charge on any atom is 0.416 e. The molecule has 0 radical (unpaired) electrons. The minimum atomic E-state index is -4.41. The first kappa shape index (κ1) is 21.7. The van der Waals surface area contributed by atoms with Crippen LogP contribution in [-0.4, -0.2) is 21.1 Å². The second-order valence-corrected chi connectivity index (χ2v) is 7.82. The van der Waals surface area contributed by atoms with Crippen molar-refractivity contribution in [3.05, 3.63) is 69.8 Å². The van der Waals surface area contributed by atoms with E-state index in [2.05, 4.69) is 10.3 Å². The van der Waals surface area contributed by atoms with Gasteiger partial charge < -0.3 is 5.32 Å². The number of aryl methyl sites for hydroxylation is 1. The van der Waals surface area contributed by atoms with Crippen molar-refractivity contribution in [2.24, 2.45) is 0 Å². The van der Waals surface area contributed by atoms with Crippen molar-refractivity contribution in [3.63, 3.8) is 0 Å². The lowest BCUT2D eigenvalue weighted by Gasteiger charge is -2.24. The van der Waals surface area contributed by atoms with Gasteiger partial charge >= 0.3 is 6.18 Å². The van der Waals surface area contributed by atoms with Crippen LogP contribution in [0.15, 0.2) is 47.3 Å². The van der Waals surface area contributed by atoms with Crippen LogP contribution in [-0.2, 0) is 22.3 Å². The van der Waals surface area contributed by atoms with E-state index in [1.54, 1.807) is 25.1 Å². The summed E-state index contributed by atoms with van der Waals surface area (Å²) in [5.41, 5.74) is 0.394. The first-order valence-electron chi connectivity index (χ1n) is 10.1. The van der Waals surface area contributed by atoms with E-state index in [1.165, 1.54) is 16.7 Å². The van der Waals surface area contributed by atoms with Crippen LogP contribution in [0.1, 0.15) is 42.3 Å². The highest BCUT2D eigenvalue weighted by molar-refractivity contribution is 6.03. The van der Waals surface area contributed by atoms with Crippen molar-refractivity contribution in [3.8, 4) is 0 Å². The van der Waals surface area contributed by atoms with Crippen molar-refractivity contribution < 1.29 is 22.8 Å². The molecule has 1 aliphatic carbocycles. The third kappa shape index (κ3) is 4.15. The Hall–Kier alpha value is -3.49. The zero-order chi connectivity index (χ0) is 23.0. The number of carbonyl (C=O) groups is 2. The predicted molar refractivity (Wildman–Crippen MR) is 112 cm³/mol. The number of rotatable bonds is 4. The smallest absolute Gasteiger partial charge is 0.380 e. The Labute approximate surface area is 181 Å². The van der Waals surface area contributed by atoms with Gasteiger partial charge in [0.25, 0.3) is 5.56 Å². The van der Waals surface area contributed by atoms with Crippen LogP contribution in [0.3, 0.4) is 0 Å². The van der Waals surface area contributed by atoms with Crippen molar-refractivity contribution in [1.29, 1.82) is 0 Å². The molecule has 9 heteroatoms. The average Bonchev–Trinajstić information content (AvgIpc) is 2.73. The lowest BCUT2D eigenvalue weighted by atomic mass is 9.92. The molecule has 1 N–H and O–H groups in total. The topological polar surface area (TPSA) is 81.1 Å². The Morgan fingerprint density at radius 2 is 1.81 bits per heavy atom. The fourth-order valence-electron chi connectivity index (χ4n) is 4.01. The zero-order valence-corrected chi connectivity index (χ0v) is 17.2. The first-order valence-corrected chi connectivity index (χ1v) is 10.1. The number of Topliss-reactive ketones (excluding diaryl/α,β-unsaturated/α-hetero) is 2. The molecule has 1 heterocycles. The zero-order valence-electron chi connectivity index (χ0n) is 17.2. The van der Waals surface area contributed by atoms with Crippen LogP contribution in [0.25, 0.3) is 10.9 Å². The summed E-state index contributed by atoms with van der Waals surface area (Å²) < 4.78 is 39.6. The summed E-state index contributed by atoms with van der Waals surface area (Å²) in [6.45, 7) is 1.84. The molecule has 2 aromatic carbocycles. The lowest BCUT2D eigenvalue weighted by Crippen LogP contribution is -2.36. The van der Waals surface area contributed by atoms with Gasteiger partial charge in [0.1, 0.15) is 11.6 Å². The highest BCUT2D eigenvalue weighted by Crippen LogP contribution is 2.29. The van der Waals surface area contributed by atoms with Crippen molar-refractivity contribution >= 4 is 28.2 Å². The molecule has 32 heavy (non-hydrogen) atoms. The number of hydrogen-bond acceptors (Lipinski definition) is 5. The maximum absolute atomic E-state index is 13.4. The number of alkyl halides is 3. The number of nitrogens with one attached hydrogen (secondary N) is 1. The standard InChI is InChI=1S/C23H20F3N3O3/c1-13-28-18-4-2-3-17(27-12-14-5-7-15(8-6-14)23(24,25)26)21(18)22(32)29(13)19-10-9-16(30)11-20(19)31/h2-8,19,27H,9-12H2,1H3. The molecular weight excluding hydrogens is 423 g/mol. The molecule has 0 saturated heterocycles. The third-order valence-corrected chi connectivity index (χ3v) is 5.62. The van der Waals surface area contributed by atoms with E-state index in [0.29, 0.717) is 22.6 Å². The van der Waals surface area contributed by atoms with E-state index in [1.807, 2.05) is 0 Å². The number of nitrogens with zero attached hydrogens (tertiary/aromatic N) is 2. The summed E-state index contributed by atoms with van der Waals surface area (Å²) in [6.07, 6.45) is -4.11. The number of benzene rings is 2. The van der Waals surface area contributed by atoms with Gasteiger partial charge in [-0.1, -0.05) is 18.2 Å². The summed E-state index contributed by atoms with van der Waals surface area (Å²) in [4.78, 5) is 41.9. The first-order chi connectivity index (χ1) is 15.1. The fourth-order valence-corrected chi connectivity index (χ4v) is 4.01. The number of halogens is 3. The molecule has 1 unspecified atom stereocenters. The summed E-state index contributed by atoms with van der Waals surface area (Å²) >= 11 is 0. The summed E-state index contributed by atoms with van der Waals surface area (Å²) in [5, 5.41) is 3.38. The molecule has 1 saturated carbocycles. The van der Waals surface area contributed by atoms with Crippen LogP contribution in [0.5, 0.6) is 0 Å². The summed E-state index contributed by atoms with van der Waals surface area (Å²) in [5.74, 6) is -0.0533. The molecule has 4 rings (SSSR count). The van der Waals surface area contributed by atoms with Gasteiger partial charge in [-0.3, -0.25) is 19.0 Å². The van der Waals surface area contributed by atoms with Gasteiger partial charge in [0, 0.05) is 18.7 Å². The molecular formula is C23H20F3N3O3. The summed E-state index contributed by atoms with van der Waals surface area (Å²) in [6, 6.07) is 9.11. The van der Waals surface area contributed by atoms with E-state index in [-0.39, 0.29) is 42.8 Å². The SMILES string of the molecule is Cc1nc2cccc(NCc3ccc(C(F)(F)F)cc3)c2c(=O)n1C1CCC(=O)CC1=O. The molecule has 0 bridgehead atoms. The van der Waals surface area contributed by atoms with Gasteiger partial charge in [0.05, 0.1) is 28.9 Å². The van der Waals surface area contributed by atoms with Crippen LogP contribution in [0, 0.1) is 6.92 Å². The Balaban J connectivity index is 1.68. The predicted octanol–water partition coefficient (Wildman–Crippen LogP) is 4.20. The molecule has 3 aromatic rings. The average molecular weight is 443 g/mol.